The molecular formula is C11H18O2S. The number of rotatable bonds is 4. The molecule has 2 fully saturated rings. The second-order valence-electron chi connectivity index (χ2n) is 4.10. The van der Waals surface area contributed by atoms with Gasteiger partial charge in [-0.2, -0.15) is 0 Å². The van der Waals surface area contributed by atoms with Crippen molar-refractivity contribution in [2.24, 2.45) is 11.8 Å². The first kappa shape index (κ1) is 10.5. The van der Waals surface area contributed by atoms with Gasteiger partial charge < -0.3 is 4.74 Å². The summed E-state index contributed by atoms with van der Waals surface area (Å²) in [4.78, 5) is 11.5. The Kier molecular flexibility index (Phi) is 2.89. The first-order chi connectivity index (χ1) is 6.73. The van der Waals surface area contributed by atoms with Gasteiger partial charge in [0.1, 0.15) is 10.7 Å². The Morgan fingerprint density at radius 1 is 1.57 bits per heavy atom. The highest BCUT2D eigenvalue weighted by Crippen LogP contribution is 2.59. The van der Waals surface area contributed by atoms with E-state index < -0.39 is 0 Å². The van der Waals surface area contributed by atoms with E-state index in [0.717, 1.165) is 31.6 Å². The average molecular weight is 214 g/mol. The Labute approximate surface area is 89.8 Å². The van der Waals surface area contributed by atoms with Crippen molar-refractivity contribution in [1.29, 1.82) is 0 Å². The monoisotopic (exact) mass is 214 g/mol. The van der Waals surface area contributed by atoms with Gasteiger partial charge in [-0.05, 0) is 25.5 Å². The summed E-state index contributed by atoms with van der Waals surface area (Å²) in [6.45, 7) is 4.97. The molecular weight excluding hydrogens is 196 g/mol. The van der Waals surface area contributed by atoms with Crippen LogP contribution >= 0.6 is 11.8 Å². The number of fused-ring (bicyclic) bond motifs is 1. The molecule has 3 unspecified atom stereocenters. The minimum absolute atomic E-state index is 0.000324. The van der Waals surface area contributed by atoms with E-state index in [1.165, 1.54) is 0 Å². The standard InChI is InChI=1S/C11H18O2S/c1-3-13-11(14-4-2)7-8-9(11)5-6-10(8)12/h8-9H,3-7H2,1-2H3. The van der Waals surface area contributed by atoms with Gasteiger partial charge in [-0.15, -0.1) is 11.8 Å². The lowest BCUT2D eigenvalue weighted by atomic mass is 9.72. The van der Waals surface area contributed by atoms with E-state index in [1.54, 1.807) is 0 Å². The zero-order chi connectivity index (χ0) is 10.2. The normalized spacial score (nSPS) is 40.9. The smallest absolute Gasteiger partial charge is 0.136 e. The van der Waals surface area contributed by atoms with Crippen molar-refractivity contribution in [2.45, 2.75) is 38.0 Å². The van der Waals surface area contributed by atoms with Gasteiger partial charge >= 0.3 is 0 Å². The second kappa shape index (κ2) is 3.86. The number of carbonyl (C=O) groups is 1. The SMILES string of the molecule is CCOC1(SCC)CC2C(=O)CCC21. The van der Waals surface area contributed by atoms with Crippen molar-refractivity contribution in [2.75, 3.05) is 12.4 Å². The molecule has 2 rings (SSSR count). The zero-order valence-corrected chi connectivity index (χ0v) is 9.73. The molecule has 0 aromatic carbocycles. The molecule has 2 aliphatic rings. The summed E-state index contributed by atoms with van der Waals surface area (Å²) in [5.74, 6) is 2.40. The number of thioether (sulfide) groups is 1. The minimum atomic E-state index is 0.000324. The van der Waals surface area contributed by atoms with Gasteiger partial charge in [0.05, 0.1) is 0 Å². The van der Waals surface area contributed by atoms with Gasteiger partial charge in [-0.3, -0.25) is 4.79 Å². The van der Waals surface area contributed by atoms with Crippen molar-refractivity contribution < 1.29 is 9.53 Å². The summed E-state index contributed by atoms with van der Waals surface area (Å²) in [5.41, 5.74) is 0. The molecule has 2 aliphatic carbocycles. The first-order valence-electron chi connectivity index (χ1n) is 5.54. The molecule has 0 radical (unpaired) electrons. The third kappa shape index (κ3) is 1.41. The number of hydrogen-bond acceptors (Lipinski definition) is 3. The average Bonchev–Trinajstić information content (AvgIpc) is 2.43. The summed E-state index contributed by atoms with van der Waals surface area (Å²) in [5, 5.41) is 0. The fraction of sp³-hybridized carbons (Fsp3) is 0.909. The van der Waals surface area contributed by atoms with Crippen LogP contribution in [-0.2, 0) is 9.53 Å². The van der Waals surface area contributed by atoms with E-state index in [0.29, 0.717) is 17.6 Å². The summed E-state index contributed by atoms with van der Waals surface area (Å²) < 4.78 is 5.88. The predicted octanol–water partition coefficient (Wildman–Crippen LogP) is 2.47. The van der Waals surface area contributed by atoms with Crippen LogP contribution in [0.5, 0.6) is 0 Å². The second-order valence-corrected chi connectivity index (χ2v) is 5.66. The molecule has 0 amide bonds. The molecule has 0 heterocycles. The Bertz CT molecular complexity index is 233. The van der Waals surface area contributed by atoms with Gasteiger partial charge in [0.15, 0.2) is 0 Å². The topological polar surface area (TPSA) is 26.3 Å². The van der Waals surface area contributed by atoms with Crippen molar-refractivity contribution in [3.63, 3.8) is 0 Å². The van der Waals surface area contributed by atoms with Gasteiger partial charge in [-0.25, -0.2) is 0 Å². The molecule has 80 valence electrons. The van der Waals surface area contributed by atoms with Crippen LogP contribution in [0.1, 0.15) is 33.1 Å². The molecule has 2 saturated carbocycles. The van der Waals surface area contributed by atoms with Crippen molar-refractivity contribution in [3.8, 4) is 0 Å². The summed E-state index contributed by atoms with van der Waals surface area (Å²) in [7, 11) is 0. The Morgan fingerprint density at radius 3 is 2.93 bits per heavy atom. The minimum Gasteiger partial charge on any atom is -0.364 e. The highest BCUT2D eigenvalue weighted by Gasteiger charge is 2.59. The molecule has 0 N–H and O–H groups in total. The van der Waals surface area contributed by atoms with E-state index >= 15 is 0 Å². The van der Waals surface area contributed by atoms with E-state index in [1.807, 2.05) is 18.7 Å². The highest BCUT2D eigenvalue weighted by molar-refractivity contribution is 8.00. The van der Waals surface area contributed by atoms with Gasteiger partial charge in [0.25, 0.3) is 0 Å². The van der Waals surface area contributed by atoms with Crippen molar-refractivity contribution in [3.05, 3.63) is 0 Å². The number of ether oxygens (including phenoxy) is 1. The molecule has 14 heavy (non-hydrogen) atoms. The van der Waals surface area contributed by atoms with E-state index in [2.05, 4.69) is 6.92 Å². The third-order valence-electron chi connectivity index (χ3n) is 3.45. The maximum absolute atomic E-state index is 11.5. The fourth-order valence-electron chi connectivity index (χ4n) is 2.85. The molecule has 0 aromatic heterocycles. The van der Waals surface area contributed by atoms with E-state index in [9.17, 15) is 4.79 Å². The Balaban J connectivity index is 2.05. The molecule has 0 bridgehead atoms. The lowest BCUT2D eigenvalue weighted by molar-refractivity contribution is -0.137. The highest BCUT2D eigenvalue weighted by atomic mass is 32.2. The maximum atomic E-state index is 11.5. The largest absolute Gasteiger partial charge is 0.364 e. The first-order valence-corrected chi connectivity index (χ1v) is 6.52. The molecule has 0 aromatic rings. The Hall–Kier alpha value is -0.0200. The molecule has 0 aliphatic heterocycles. The third-order valence-corrected chi connectivity index (χ3v) is 4.81. The van der Waals surface area contributed by atoms with Gasteiger partial charge in [0, 0.05) is 24.9 Å². The van der Waals surface area contributed by atoms with Crippen LogP contribution in [0.25, 0.3) is 0 Å². The quantitative estimate of drug-likeness (QED) is 0.672. The lowest BCUT2D eigenvalue weighted by Gasteiger charge is -2.50. The molecule has 3 atom stereocenters. The maximum Gasteiger partial charge on any atom is 0.136 e. The zero-order valence-electron chi connectivity index (χ0n) is 8.91. The van der Waals surface area contributed by atoms with Gasteiger partial charge in [0.2, 0.25) is 0 Å². The van der Waals surface area contributed by atoms with Crippen molar-refractivity contribution >= 4 is 17.5 Å². The van der Waals surface area contributed by atoms with Crippen LogP contribution in [0.2, 0.25) is 0 Å². The van der Waals surface area contributed by atoms with E-state index in [4.69, 9.17) is 4.74 Å². The van der Waals surface area contributed by atoms with Crippen LogP contribution < -0.4 is 0 Å². The number of carbonyl (C=O) groups excluding carboxylic acids is 1. The predicted molar refractivity (Wildman–Crippen MR) is 58.3 cm³/mol. The van der Waals surface area contributed by atoms with Gasteiger partial charge in [-0.1, -0.05) is 6.92 Å². The summed E-state index contributed by atoms with van der Waals surface area (Å²) >= 11 is 1.89. The molecule has 0 spiro atoms. The van der Waals surface area contributed by atoms with E-state index in [-0.39, 0.29) is 4.93 Å². The number of Topliss-reactive ketones (excluding diaryl/α,β-unsaturated/α-hetero) is 1. The van der Waals surface area contributed by atoms with Crippen LogP contribution in [0.4, 0.5) is 0 Å². The summed E-state index contributed by atoms with van der Waals surface area (Å²) in [6, 6.07) is 0. The molecule has 3 heteroatoms. The lowest BCUT2D eigenvalue weighted by Crippen LogP contribution is -2.52. The number of hydrogen-bond donors (Lipinski definition) is 0. The fourth-order valence-corrected chi connectivity index (χ4v) is 4.33. The summed E-state index contributed by atoms with van der Waals surface area (Å²) in [6.07, 6.45) is 2.80. The van der Waals surface area contributed by atoms with Crippen LogP contribution in [0.3, 0.4) is 0 Å². The number of ketones is 1. The van der Waals surface area contributed by atoms with Crippen LogP contribution in [0, 0.1) is 11.8 Å². The van der Waals surface area contributed by atoms with Crippen LogP contribution in [-0.4, -0.2) is 23.1 Å². The van der Waals surface area contributed by atoms with Crippen LogP contribution in [0.15, 0.2) is 0 Å². The molecule has 2 nitrogen and oxygen atoms in total. The van der Waals surface area contributed by atoms with Crippen molar-refractivity contribution in [1.82, 2.24) is 0 Å². The molecule has 0 saturated heterocycles. The Morgan fingerprint density at radius 2 is 2.36 bits per heavy atom.